The minimum atomic E-state index is -0.296. The zero-order valence-electron chi connectivity index (χ0n) is 14.7. The average molecular weight is 449 g/mol. The number of rotatable bonds is 4. The van der Waals surface area contributed by atoms with Gasteiger partial charge in [-0.2, -0.15) is 5.10 Å². The second kappa shape index (κ2) is 7.85. The van der Waals surface area contributed by atoms with Crippen molar-refractivity contribution >= 4 is 38.2 Å². The second-order valence-electron chi connectivity index (χ2n) is 6.45. The zero-order chi connectivity index (χ0) is 18.8. The molecule has 0 amide bonds. The van der Waals surface area contributed by atoms with Crippen LogP contribution in [0.4, 0.5) is 15.3 Å². The summed E-state index contributed by atoms with van der Waals surface area (Å²) in [7, 11) is 2.02. The van der Waals surface area contributed by atoms with Crippen molar-refractivity contribution in [2.75, 3.05) is 29.9 Å². The Labute approximate surface area is 169 Å². The Morgan fingerprint density at radius 3 is 2.96 bits per heavy atom. The van der Waals surface area contributed by atoms with E-state index in [0.717, 1.165) is 41.4 Å². The molecule has 4 rings (SSSR count). The molecule has 0 radical (unpaired) electrons. The monoisotopic (exact) mass is 448 g/mol. The Balaban J connectivity index is 1.52. The third-order valence-electron chi connectivity index (χ3n) is 4.70. The van der Waals surface area contributed by atoms with E-state index in [1.165, 1.54) is 17.4 Å². The molecule has 1 saturated heterocycles. The minimum absolute atomic E-state index is 0.286. The van der Waals surface area contributed by atoms with Gasteiger partial charge in [-0.1, -0.05) is 27.3 Å². The first-order valence-corrected chi connectivity index (χ1v) is 10.3. The maximum Gasteiger partial charge on any atom is 0.208 e. The van der Waals surface area contributed by atoms with Crippen molar-refractivity contribution in [3.63, 3.8) is 0 Å². The largest absolute Gasteiger partial charge is 0.353 e. The van der Waals surface area contributed by atoms with E-state index in [-0.39, 0.29) is 11.9 Å². The summed E-state index contributed by atoms with van der Waals surface area (Å²) in [6.07, 6.45) is 3.81. The summed E-state index contributed by atoms with van der Waals surface area (Å²) in [5, 5.41) is 18.1. The van der Waals surface area contributed by atoms with Crippen LogP contribution in [0.5, 0.6) is 0 Å². The number of hydrogen-bond donors (Lipinski definition) is 0. The molecule has 1 unspecified atom stereocenters. The van der Waals surface area contributed by atoms with Crippen molar-refractivity contribution in [3.05, 3.63) is 46.8 Å². The third kappa shape index (κ3) is 3.93. The van der Waals surface area contributed by atoms with Gasteiger partial charge in [0.15, 0.2) is 10.8 Å². The highest BCUT2D eigenvalue weighted by molar-refractivity contribution is 9.10. The van der Waals surface area contributed by atoms with Gasteiger partial charge in [0, 0.05) is 42.4 Å². The summed E-state index contributed by atoms with van der Waals surface area (Å²) in [5.74, 6) is 0.597. The van der Waals surface area contributed by atoms with Gasteiger partial charge in [-0.05, 0) is 43.2 Å². The molecule has 1 aromatic carbocycles. The van der Waals surface area contributed by atoms with Crippen LogP contribution < -0.4 is 9.80 Å². The molecule has 1 aliphatic heterocycles. The molecule has 0 N–H and O–H groups in total. The molecule has 0 bridgehead atoms. The van der Waals surface area contributed by atoms with Crippen molar-refractivity contribution in [2.24, 2.45) is 0 Å². The van der Waals surface area contributed by atoms with Gasteiger partial charge in [0.05, 0.1) is 0 Å². The number of anilines is 2. The Bertz CT molecular complexity index is 921. The van der Waals surface area contributed by atoms with Crippen LogP contribution in [0, 0.1) is 5.82 Å². The summed E-state index contributed by atoms with van der Waals surface area (Å²) >= 11 is 4.79. The molecular formula is C18H18BrFN6S. The lowest BCUT2D eigenvalue weighted by molar-refractivity contribution is 0.483. The summed E-state index contributed by atoms with van der Waals surface area (Å²) < 4.78 is 15.0. The van der Waals surface area contributed by atoms with Gasteiger partial charge in [-0.3, -0.25) is 0 Å². The van der Waals surface area contributed by atoms with E-state index in [4.69, 9.17) is 0 Å². The van der Waals surface area contributed by atoms with Gasteiger partial charge in [0.2, 0.25) is 5.13 Å². The standard InChI is InChI=1S/C18H18BrFN6S/c1-25(13-4-3-9-26(11-13)16-5-2-8-21-22-16)18-24-23-17(27-18)14-10-12(19)6-7-15(14)20/h2,5-8,10,13H,3-4,9,11H2,1H3. The van der Waals surface area contributed by atoms with Gasteiger partial charge in [-0.25, -0.2) is 4.39 Å². The topological polar surface area (TPSA) is 58.0 Å². The molecule has 6 nitrogen and oxygen atoms in total. The Hall–Kier alpha value is -2.13. The minimum Gasteiger partial charge on any atom is -0.353 e. The van der Waals surface area contributed by atoms with Crippen molar-refractivity contribution in [1.82, 2.24) is 20.4 Å². The number of piperidine rings is 1. The number of benzene rings is 1. The van der Waals surface area contributed by atoms with Gasteiger partial charge < -0.3 is 9.80 Å². The van der Waals surface area contributed by atoms with Gasteiger partial charge in [-0.15, -0.1) is 15.3 Å². The highest BCUT2D eigenvalue weighted by atomic mass is 79.9. The Kier molecular flexibility index (Phi) is 5.31. The predicted octanol–water partition coefficient (Wildman–Crippen LogP) is 4.00. The maximum atomic E-state index is 14.1. The van der Waals surface area contributed by atoms with Crippen molar-refractivity contribution in [1.29, 1.82) is 0 Å². The molecule has 0 saturated carbocycles. The fourth-order valence-electron chi connectivity index (χ4n) is 3.23. The first-order valence-electron chi connectivity index (χ1n) is 8.66. The third-order valence-corrected chi connectivity index (χ3v) is 6.24. The molecule has 2 aromatic heterocycles. The zero-order valence-corrected chi connectivity index (χ0v) is 17.1. The van der Waals surface area contributed by atoms with Crippen LogP contribution in [0.25, 0.3) is 10.6 Å². The fourth-order valence-corrected chi connectivity index (χ4v) is 4.48. The van der Waals surface area contributed by atoms with Crippen LogP contribution in [0.3, 0.4) is 0 Å². The van der Waals surface area contributed by atoms with E-state index in [1.807, 2.05) is 19.2 Å². The van der Waals surface area contributed by atoms with E-state index < -0.39 is 0 Å². The molecule has 0 aliphatic carbocycles. The van der Waals surface area contributed by atoms with Crippen molar-refractivity contribution in [3.8, 4) is 10.6 Å². The predicted molar refractivity (Wildman–Crippen MR) is 109 cm³/mol. The van der Waals surface area contributed by atoms with Crippen LogP contribution in [0.15, 0.2) is 41.0 Å². The van der Waals surface area contributed by atoms with Crippen molar-refractivity contribution < 1.29 is 4.39 Å². The number of nitrogens with zero attached hydrogens (tertiary/aromatic N) is 6. The number of aromatic nitrogens is 4. The smallest absolute Gasteiger partial charge is 0.208 e. The van der Waals surface area contributed by atoms with E-state index in [1.54, 1.807) is 18.3 Å². The first-order chi connectivity index (χ1) is 13.1. The molecule has 1 fully saturated rings. The molecule has 1 aliphatic rings. The van der Waals surface area contributed by atoms with E-state index >= 15 is 0 Å². The maximum absolute atomic E-state index is 14.1. The molecule has 3 aromatic rings. The average Bonchev–Trinajstić information content (AvgIpc) is 3.20. The van der Waals surface area contributed by atoms with E-state index in [9.17, 15) is 4.39 Å². The molecule has 3 heterocycles. The lowest BCUT2D eigenvalue weighted by Crippen LogP contribution is -2.47. The lowest BCUT2D eigenvalue weighted by atomic mass is 10.0. The SMILES string of the molecule is CN(c1nnc(-c2cc(Br)ccc2F)s1)C1CCCN(c2cccnn2)C1. The highest BCUT2D eigenvalue weighted by Gasteiger charge is 2.26. The molecule has 0 spiro atoms. The normalized spacial score (nSPS) is 17.1. The number of hydrogen-bond acceptors (Lipinski definition) is 7. The van der Waals surface area contributed by atoms with Crippen LogP contribution in [0.2, 0.25) is 0 Å². The molecule has 27 heavy (non-hydrogen) atoms. The van der Waals surface area contributed by atoms with E-state index in [2.05, 4.69) is 46.1 Å². The van der Waals surface area contributed by atoms with Gasteiger partial charge >= 0.3 is 0 Å². The highest BCUT2D eigenvalue weighted by Crippen LogP contribution is 2.33. The molecule has 1 atom stereocenters. The van der Waals surface area contributed by atoms with Crippen LogP contribution >= 0.6 is 27.3 Å². The lowest BCUT2D eigenvalue weighted by Gasteiger charge is -2.37. The van der Waals surface area contributed by atoms with Gasteiger partial charge in [0.25, 0.3) is 0 Å². The summed E-state index contributed by atoms with van der Waals surface area (Å²) in [6, 6.07) is 9.01. The van der Waals surface area contributed by atoms with Crippen LogP contribution in [0.1, 0.15) is 12.8 Å². The quantitative estimate of drug-likeness (QED) is 0.600. The second-order valence-corrected chi connectivity index (χ2v) is 8.32. The Morgan fingerprint density at radius 2 is 2.15 bits per heavy atom. The molecule has 140 valence electrons. The number of halogens is 2. The summed E-state index contributed by atoms with van der Waals surface area (Å²) in [6.45, 7) is 1.81. The Morgan fingerprint density at radius 1 is 1.26 bits per heavy atom. The summed E-state index contributed by atoms with van der Waals surface area (Å²) in [4.78, 5) is 4.38. The van der Waals surface area contributed by atoms with E-state index in [0.29, 0.717) is 10.6 Å². The first kappa shape index (κ1) is 18.2. The fraction of sp³-hybridized carbons (Fsp3) is 0.333. The van der Waals surface area contributed by atoms with Crippen LogP contribution in [-0.4, -0.2) is 46.6 Å². The molecular weight excluding hydrogens is 431 g/mol. The van der Waals surface area contributed by atoms with Gasteiger partial charge in [0.1, 0.15) is 5.82 Å². The van der Waals surface area contributed by atoms with Crippen molar-refractivity contribution in [2.45, 2.75) is 18.9 Å². The number of likely N-dealkylation sites (N-methyl/N-ethyl adjacent to an activating group) is 1. The summed E-state index contributed by atoms with van der Waals surface area (Å²) in [5.41, 5.74) is 0.464. The van der Waals surface area contributed by atoms with Crippen LogP contribution in [-0.2, 0) is 0 Å². The molecule has 9 heteroatoms.